The van der Waals surface area contributed by atoms with E-state index >= 15 is 0 Å². The van der Waals surface area contributed by atoms with Crippen molar-refractivity contribution in [1.82, 2.24) is 14.7 Å². The van der Waals surface area contributed by atoms with Gasteiger partial charge in [-0.05, 0) is 36.4 Å². The highest BCUT2D eigenvalue weighted by molar-refractivity contribution is 9.10. The molecule has 1 aromatic rings. The van der Waals surface area contributed by atoms with E-state index in [1.165, 1.54) is 0 Å². The smallest absolute Gasteiger partial charge is 0.0694 e. The zero-order valence-corrected chi connectivity index (χ0v) is 11.9. The van der Waals surface area contributed by atoms with Crippen molar-refractivity contribution < 1.29 is 0 Å². The van der Waals surface area contributed by atoms with Crippen molar-refractivity contribution in [2.75, 3.05) is 20.6 Å². The third-order valence-electron chi connectivity index (χ3n) is 2.54. The van der Waals surface area contributed by atoms with E-state index in [9.17, 15) is 0 Å². The second-order valence-electron chi connectivity index (χ2n) is 4.30. The van der Waals surface area contributed by atoms with Crippen molar-refractivity contribution in [3.05, 3.63) is 16.4 Å². The Hall–Kier alpha value is -0.390. The first-order chi connectivity index (χ1) is 7.56. The highest BCUT2D eigenvalue weighted by Crippen LogP contribution is 2.24. The van der Waals surface area contributed by atoms with Crippen LogP contribution in [0.3, 0.4) is 0 Å². The molecule has 0 radical (unpaired) electrons. The first kappa shape index (κ1) is 13.7. The maximum absolute atomic E-state index is 6.15. The first-order valence-electron chi connectivity index (χ1n) is 5.67. The van der Waals surface area contributed by atoms with Crippen LogP contribution in [-0.2, 0) is 6.54 Å². The van der Waals surface area contributed by atoms with Gasteiger partial charge in [0.1, 0.15) is 0 Å². The van der Waals surface area contributed by atoms with Gasteiger partial charge in [-0.3, -0.25) is 4.68 Å². The van der Waals surface area contributed by atoms with Crippen molar-refractivity contribution >= 4 is 15.9 Å². The van der Waals surface area contributed by atoms with E-state index in [0.29, 0.717) is 0 Å². The first-order valence-corrected chi connectivity index (χ1v) is 6.47. The summed E-state index contributed by atoms with van der Waals surface area (Å²) in [4.78, 5) is 2.14. The van der Waals surface area contributed by atoms with Gasteiger partial charge in [0.05, 0.1) is 22.9 Å². The van der Waals surface area contributed by atoms with Gasteiger partial charge in [0.2, 0.25) is 0 Å². The summed E-state index contributed by atoms with van der Waals surface area (Å²) in [6, 6.07) is 0.0732. The zero-order valence-electron chi connectivity index (χ0n) is 10.3. The maximum atomic E-state index is 6.15. The Kier molecular flexibility index (Phi) is 5.44. The predicted octanol–water partition coefficient (Wildman–Crippen LogP) is 2.01. The fourth-order valence-corrected chi connectivity index (χ4v) is 2.25. The Labute approximate surface area is 106 Å². The molecular weight excluding hydrogens is 268 g/mol. The van der Waals surface area contributed by atoms with Gasteiger partial charge < -0.3 is 10.6 Å². The highest BCUT2D eigenvalue weighted by atomic mass is 79.9. The average molecular weight is 289 g/mol. The minimum absolute atomic E-state index is 0.0732. The van der Waals surface area contributed by atoms with E-state index in [2.05, 4.69) is 46.9 Å². The molecule has 0 aliphatic heterocycles. The average Bonchev–Trinajstić information content (AvgIpc) is 2.57. The summed E-state index contributed by atoms with van der Waals surface area (Å²) in [5.41, 5.74) is 7.27. The topological polar surface area (TPSA) is 47.1 Å². The molecule has 2 N–H and O–H groups in total. The predicted molar refractivity (Wildman–Crippen MR) is 70.3 cm³/mol. The van der Waals surface area contributed by atoms with E-state index in [-0.39, 0.29) is 6.04 Å². The van der Waals surface area contributed by atoms with Gasteiger partial charge in [-0.2, -0.15) is 5.10 Å². The third-order valence-corrected chi connectivity index (χ3v) is 3.15. The van der Waals surface area contributed by atoms with E-state index in [0.717, 1.165) is 36.1 Å². The number of rotatable bonds is 6. The number of nitrogens with two attached hydrogens (primary N) is 1. The molecule has 0 saturated carbocycles. The second kappa shape index (κ2) is 6.37. The van der Waals surface area contributed by atoms with E-state index in [4.69, 9.17) is 5.73 Å². The lowest BCUT2D eigenvalue weighted by molar-refractivity contribution is 0.365. The molecule has 92 valence electrons. The molecule has 1 atom stereocenters. The van der Waals surface area contributed by atoms with Crippen LogP contribution in [0.2, 0.25) is 0 Å². The molecule has 5 heteroatoms. The van der Waals surface area contributed by atoms with Crippen LogP contribution in [0, 0.1) is 0 Å². The summed E-state index contributed by atoms with van der Waals surface area (Å²) in [5, 5.41) is 4.35. The van der Waals surface area contributed by atoms with Gasteiger partial charge in [0.15, 0.2) is 0 Å². The van der Waals surface area contributed by atoms with Crippen LogP contribution in [0.25, 0.3) is 0 Å². The van der Waals surface area contributed by atoms with Crippen molar-refractivity contribution in [3.8, 4) is 0 Å². The maximum Gasteiger partial charge on any atom is 0.0694 e. The standard InChI is InChI=1S/C11H21BrN4/c1-4-5-10(13)11-9(12)8-14-16(11)7-6-15(2)3/h8,10H,4-7,13H2,1-3H3. The van der Waals surface area contributed by atoms with Gasteiger partial charge in [0.25, 0.3) is 0 Å². The van der Waals surface area contributed by atoms with E-state index in [1.54, 1.807) is 0 Å². The molecule has 4 nitrogen and oxygen atoms in total. The molecule has 1 aromatic heterocycles. The quantitative estimate of drug-likeness (QED) is 0.871. The van der Waals surface area contributed by atoms with Gasteiger partial charge in [-0.1, -0.05) is 13.3 Å². The highest BCUT2D eigenvalue weighted by Gasteiger charge is 2.15. The van der Waals surface area contributed by atoms with Gasteiger partial charge in [-0.25, -0.2) is 0 Å². The number of hydrogen-bond donors (Lipinski definition) is 1. The van der Waals surface area contributed by atoms with Gasteiger partial charge >= 0.3 is 0 Å². The summed E-state index contributed by atoms with van der Waals surface area (Å²) in [7, 11) is 4.12. The van der Waals surface area contributed by atoms with E-state index in [1.807, 2.05) is 10.9 Å². The second-order valence-corrected chi connectivity index (χ2v) is 5.15. The molecule has 1 heterocycles. The lowest BCUT2D eigenvalue weighted by atomic mass is 10.1. The molecule has 1 unspecified atom stereocenters. The minimum atomic E-state index is 0.0732. The Morgan fingerprint density at radius 3 is 2.81 bits per heavy atom. The minimum Gasteiger partial charge on any atom is -0.323 e. The molecule has 0 aliphatic carbocycles. The fourth-order valence-electron chi connectivity index (χ4n) is 1.66. The largest absolute Gasteiger partial charge is 0.323 e. The van der Waals surface area contributed by atoms with Crippen molar-refractivity contribution in [3.63, 3.8) is 0 Å². The molecule has 0 aliphatic rings. The number of nitrogens with zero attached hydrogens (tertiary/aromatic N) is 3. The van der Waals surface area contributed by atoms with Crippen molar-refractivity contribution in [1.29, 1.82) is 0 Å². The SMILES string of the molecule is CCCC(N)c1c(Br)cnn1CCN(C)C. The molecular formula is C11H21BrN4. The number of hydrogen-bond acceptors (Lipinski definition) is 3. The molecule has 0 fully saturated rings. The summed E-state index contributed by atoms with van der Waals surface area (Å²) >= 11 is 3.52. The van der Waals surface area contributed by atoms with Gasteiger partial charge in [-0.15, -0.1) is 0 Å². The number of likely N-dealkylation sites (N-methyl/N-ethyl adjacent to an activating group) is 1. The zero-order chi connectivity index (χ0) is 12.1. The Morgan fingerprint density at radius 1 is 1.56 bits per heavy atom. The molecule has 0 saturated heterocycles. The van der Waals surface area contributed by atoms with Crippen LogP contribution in [0.1, 0.15) is 31.5 Å². The third kappa shape index (κ3) is 3.57. The normalized spacial score (nSPS) is 13.4. The van der Waals surface area contributed by atoms with Crippen molar-refractivity contribution in [2.24, 2.45) is 5.73 Å². The van der Waals surface area contributed by atoms with Crippen LogP contribution in [0.15, 0.2) is 10.7 Å². The lowest BCUT2D eigenvalue weighted by Gasteiger charge is -2.16. The fraction of sp³-hybridized carbons (Fsp3) is 0.727. The summed E-state index contributed by atoms with van der Waals surface area (Å²) in [6.45, 7) is 4.00. The lowest BCUT2D eigenvalue weighted by Crippen LogP contribution is -2.23. The number of aromatic nitrogens is 2. The molecule has 1 rings (SSSR count). The van der Waals surface area contributed by atoms with Crippen LogP contribution in [0.4, 0.5) is 0 Å². The Balaban J connectivity index is 2.76. The monoisotopic (exact) mass is 288 g/mol. The molecule has 0 spiro atoms. The van der Waals surface area contributed by atoms with Crippen LogP contribution >= 0.6 is 15.9 Å². The molecule has 16 heavy (non-hydrogen) atoms. The molecule has 0 amide bonds. The van der Waals surface area contributed by atoms with E-state index < -0.39 is 0 Å². The summed E-state index contributed by atoms with van der Waals surface area (Å²) < 4.78 is 3.02. The Morgan fingerprint density at radius 2 is 2.25 bits per heavy atom. The molecule has 0 bridgehead atoms. The van der Waals surface area contributed by atoms with Crippen molar-refractivity contribution in [2.45, 2.75) is 32.4 Å². The summed E-state index contributed by atoms with van der Waals surface area (Å²) in [6.07, 6.45) is 3.92. The van der Waals surface area contributed by atoms with Crippen LogP contribution < -0.4 is 5.73 Å². The van der Waals surface area contributed by atoms with Gasteiger partial charge in [0, 0.05) is 12.6 Å². The van der Waals surface area contributed by atoms with Crippen LogP contribution in [0.5, 0.6) is 0 Å². The molecule has 0 aromatic carbocycles. The summed E-state index contributed by atoms with van der Waals surface area (Å²) in [5.74, 6) is 0. The Bertz CT molecular complexity index is 322. The van der Waals surface area contributed by atoms with Crippen LogP contribution in [-0.4, -0.2) is 35.3 Å². The number of halogens is 1.